The minimum atomic E-state index is -4.29. The molecule has 3 heterocycles. The lowest BCUT2D eigenvalue weighted by molar-refractivity contribution is -0.117. The standard InChI is InChI=1S/C18H15F2N5O4S/c1-29-15-3-2-10-17-14(6-23-18(10)24-15)22-7-16(26)25(17)8-11-12(19)4-9(5-13(11)20)30(21,27)28/h2-6,22H,7-8H2,1H3,(H2,21,27,28). The van der Waals surface area contributed by atoms with E-state index in [9.17, 15) is 22.0 Å². The van der Waals surface area contributed by atoms with Crippen LogP contribution in [-0.2, 0) is 21.4 Å². The molecule has 0 radical (unpaired) electrons. The number of carbonyl (C=O) groups is 1. The van der Waals surface area contributed by atoms with Crippen LogP contribution < -0.4 is 20.1 Å². The third kappa shape index (κ3) is 3.39. The number of nitrogens with two attached hydrogens (primary N) is 1. The summed E-state index contributed by atoms with van der Waals surface area (Å²) >= 11 is 0. The van der Waals surface area contributed by atoms with Crippen LogP contribution in [0.2, 0.25) is 0 Å². The number of benzene rings is 1. The number of ether oxygens (including phenoxy) is 1. The summed E-state index contributed by atoms with van der Waals surface area (Å²) in [6.45, 7) is -0.580. The second kappa shape index (κ2) is 7.15. The van der Waals surface area contributed by atoms with Gasteiger partial charge in [-0.25, -0.2) is 27.3 Å². The van der Waals surface area contributed by atoms with E-state index in [-0.39, 0.29) is 12.2 Å². The zero-order chi connectivity index (χ0) is 21.6. The molecule has 3 N–H and O–H groups in total. The van der Waals surface area contributed by atoms with Gasteiger partial charge in [-0.2, -0.15) is 4.98 Å². The molecule has 156 valence electrons. The van der Waals surface area contributed by atoms with Crippen molar-refractivity contribution in [1.29, 1.82) is 0 Å². The van der Waals surface area contributed by atoms with Crippen LogP contribution in [0.3, 0.4) is 0 Å². The van der Waals surface area contributed by atoms with E-state index >= 15 is 0 Å². The second-order valence-electron chi connectivity index (χ2n) is 6.49. The molecule has 3 aromatic rings. The maximum atomic E-state index is 14.6. The summed E-state index contributed by atoms with van der Waals surface area (Å²) in [7, 11) is -2.85. The van der Waals surface area contributed by atoms with Gasteiger partial charge in [0.2, 0.25) is 21.8 Å². The minimum absolute atomic E-state index is 0.109. The van der Waals surface area contributed by atoms with Gasteiger partial charge in [0.05, 0.1) is 42.7 Å². The molecule has 1 aromatic carbocycles. The summed E-state index contributed by atoms with van der Waals surface area (Å²) in [6.07, 6.45) is 1.46. The number of anilines is 2. The lowest BCUT2D eigenvalue weighted by Gasteiger charge is -2.31. The lowest BCUT2D eigenvalue weighted by Crippen LogP contribution is -2.40. The number of nitrogens with zero attached hydrogens (tertiary/aromatic N) is 3. The summed E-state index contributed by atoms with van der Waals surface area (Å²) in [6, 6.07) is 4.46. The Hall–Kier alpha value is -3.38. The molecule has 1 aliphatic rings. The number of sulfonamides is 1. The first-order valence-corrected chi connectivity index (χ1v) is 10.1. The summed E-state index contributed by atoms with van der Waals surface area (Å²) in [4.78, 5) is 21.6. The van der Waals surface area contributed by atoms with Gasteiger partial charge >= 0.3 is 0 Å². The Morgan fingerprint density at radius 3 is 2.60 bits per heavy atom. The van der Waals surface area contributed by atoms with Crippen molar-refractivity contribution in [3.05, 3.63) is 47.7 Å². The number of halogens is 2. The van der Waals surface area contributed by atoms with Crippen LogP contribution in [0.15, 0.2) is 35.4 Å². The van der Waals surface area contributed by atoms with Crippen LogP contribution in [0.1, 0.15) is 5.56 Å². The predicted octanol–water partition coefficient (Wildman–Crippen LogP) is 1.52. The first kappa shape index (κ1) is 19.9. The van der Waals surface area contributed by atoms with Gasteiger partial charge in [0, 0.05) is 17.0 Å². The summed E-state index contributed by atoms with van der Waals surface area (Å²) in [5.41, 5.74) is 0.631. The van der Waals surface area contributed by atoms with Gasteiger partial charge < -0.3 is 15.0 Å². The number of carbonyl (C=O) groups excluding carboxylic acids is 1. The van der Waals surface area contributed by atoms with Crippen molar-refractivity contribution in [2.75, 3.05) is 23.9 Å². The van der Waals surface area contributed by atoms with E-state index in [1.165, 1.54) is 18.2 Å². The van der Waals surface area contributed by atoms with Crippen molar-refractivity contribution in [3.8, 4) is 5.88 Å². The average Bonchev–Trinajstić information content (AvgIpc) is 2.70. The Bertz CT molecular complexity index is 1280. The molecule has 2 aromatic heterocycles. The van der Waals surface area contributed by atoms with E-state index < -0.39 is 44.6 Å². The molecule has 0 fully saturated rings. The number of hydrogen-bond donors (Lipinski definition) is 2. The van der Waals surface area contributed by atoms with E-state index in [4.69, 9.17) is 9.88 Å². The highest BCUT2D eigenvalue weighted by Crippen LogP contribution is 2.37. The fourth-order valence-corrected chi connectivity index (χ4v) is 3.73. The molecular weight excluding hydrogens is 420 g/mol. The van der Waals surface area contributed by atoms with Crippen molar-refractivity contribution in [2.24, 2.45) is 5.14 Å². The molecule has 0 saturated heterocycles. The van der Waals surface area contributed by atoms with Crippen LogP contribution in [0.4, 0.5) is 20.2 Å². The Balaban J connectivity index is 1.84. The maximum Gasteiger partial charge on any atom is 0.246 e. The topological polar surface area (TPSA) is 128 Å². The molecule has 0 saturated carbocycles. The maximum absolute atomic E-state index is 14.6. The van der Waals surface area contributed by atoms with Gasteiger partial charge in [-0.3, -0.25) is 4.79 Å². The van der Waals surface area contributed by atoms with Crippen LogP contribution in [0.25, 0.3) is 11.0 Å². The second-order valence-corrected chi connectivity index (χ2v) is 8.05. The van der Waals surface area contributed by atoms with E-state index in [1.54, 1.807) is 12.1 Å². The van der Waals surface area contributed by atoms with Crippen molar-refractivity contribution < 1.29 is 26.7 Å². The van der Waals surface area contributed by atoms with Crippen LogP contribution in [-0.4, -0.2) is 37.9 Å². The molecule has 1 aliphatic heterocycles. The van der Waals surface area contributed by atoms with Gasteiger partial charge in [-0.05, 0) is 18.2 Å². The first-order chi connectivity index (χ1) is 14.2. The zero-order valence-corrected chi connectivity index (χ0v) is 16.3. The Morgan fingerprint density at radius 1 is 1.27 bits per heavy atom. The van der Waals surface area contributed by atoms with E-state index in [0.717, 1.165) is 0 Å². The number of nitrogens with one attached hydrogen (secondary N) is 1. The number of hydrogen-bond acceptors (Lipinski definition) is 7. The van der Waals surface area contributed by atoms with Gasteiger partial charge in [-0.15, -0.1) is 0 Å². The summed E-state index contributed by atoms with van der Waals surface area (Å²) in [5.74, 6) is -2.40. The molecule has 0 spiro atoms. The predicted molar refractivity (Wildman–Crippen MR) is 104 cm³/mol. The number of primary sulfonamides is 1. The number of rotatable bonds is 4. The van der Waals surface area contributed by atoms with Gasteiger partial charge in [-0.1, -0.05) is 0 Å². The molecule has 0 bridgehead atoms. The third-order valence-electron chi connectivity index (χ3n) is 4.65. The molecular formula is C18H15F2N5O4S. The van der Waals surface area contributed by atoms with Crippen LogP contribution in [0, 0.1) is 11.6 Å². The normalized spacial score (nSPS) is 13.9. The van der Waals surface area contributed by atoms with Crippen molar-refractivity contribution in [1.82, 2.24) is 9.97 Å². The Morgan fingerprint density at radius 2 is 1.97 bits per heavy atom. The fraction of sp³-hybridized carbons (Fsp3) is 0.167. The summed E-state index contributed by atoms with van der Waals surface area (Å²) < 4.78 is 57.0. The van der Waals surface area contributed by atoms with Crippen molar-refractivity contribution in [2.45, 2.75) is 11.4 Å². The van der Waals surface area contributed by atoms with Crippen molar-refractivity contribution >= 4 is 38.3 Å². The fourth-order valence-electron chi connectivity index (χ4n) is 3.19. The van der Waals surface area contributed by atoms with E-state index in [0.29, 0.717) is 34.8 Å². The first-order valence-electron chi connectivity index (χ1n) is 8.57. The molecule has 4 rings (SSSR count). The van der Waals surface area contributed by atoms with E-state index in [2.05, 4.69) is 15.3 Å². The lowest BCUT2D eigenvalue weighted by atomic mass is 10.1. The highest BCUT2D eigenvalue weighted by molar-refractivity contribution is 7.89. The van der Waals surface area contributed by atoms with Crippen LogP contribution in [0.5, 0.6) is 5.88 Å². The molecule has 30 heavy (non-hydrogen) atoms. The quantitative estimate of drug-likeness (QED) is 0.636. The monoisotopic (exact) mass is 435 g/mol. The summed E-state index contributed by atoms with van der Waals surface area (Å²) in [5, 5.41) is 8.32. The van der Waals surface area contributed by atoms with Crippen LogP contribution >= 0.6 is 0 Å². The van der Waals surface area contributed by atoms with Crippen molar-refractivity contribution in [3.63, 3.8) is 0 Å². The molecule has 0 aliphatic carbocycles. The highest BCUT2D eigenvalue weighted by atomic mass is 32.2. The number of aromatic nitrogens is 2. The highest BCUT2D eigenvalue weighted by Gasteiger charge is 2.29. The molecule has 9 nitrogen and oxygen atoms in total. The largest absolute Gasteiger partial charge is 0.481 e. The van der Waals surface area contributed by atoms with E-state index in [1.807, 2.05) is 0 Å². The zero-order valence-electron chi connectivity index (χ0n) is 15.5. The SMILES string of the molecule is COc1ccc2c3c(cnc2n1)NCC(=O)N3Cc1c(F)cc(S(N)(=O)=O)cc1F. The molecule has 1 amide bonds. The minimum Gasteiger partial charge on any atom is -0.481 e. The molecule has 0 unspecified atom stereocenters. The average molecular weight is 435 g/mol. The molecule has 12 heteroatoms. The van der Waals surface area contributed by atoms with Gasteiger partial charge in [0.1, 0.15) is 11.6 Å². The van der Waals surface area contributed by atoms with Gasteiger partial charge in [0.25, 0.3) is 0 Å². The Labute approximate surface area is 169 Å². The van der Waals surface area contributed by atoms with Gasteiger partial charge in [0.15, 0.2) is 5.65 Å². The Kier molecular flexibility index (Phi) is 4.74. The number of amides is 1. The number of methoxy groups -OCH3 is 1. The number of fused-ring (bicyclic) bond motifs is 3. The smallest absolute Gasteiger partial charge is 0.246 e. The molecule has 0 atom stereocenters. The number of pyridine rings is 2. The third-order valence-corrected chi connectivity index (χ3v) is 5.54.